The SMILES string of the molecule is CC(C)C(N)Cc1ccc(C(F)(F)F)cc1. The molecule has 1 unspecified atom stereocenters. The van der Waals surface area contributed by atoms with E-state index in [4.69, 9.17) is 5.73 Å². The van der Waals surface area contributed by atoms with Gasteiger partial charge in [0.25, 0.3) is 0 Å². The third-order valence-electron chi connectivity index (χ3n) is 2.61. The average Bonchev–Trinajstić information content (AvgIpc) is 2.17. The molecule has 0 heterocycles. The average molecular weight is 231 g/mol. The highest BCUT2D eigenvalue weighted by atomic mass is 19.4. The highest BCUT2D eigenvalue weighted by molar-refractivity contribution is 5.25. The first-order chi connectivity index (χ1) is 7.30. The van der Waals surface area contributed by atoms with E-state index in [0.29, 0.717) is 12.3 Å². The maximum atomic E-state index is 12.3. The largest absolute Gasteiger partial charge is 0.416 e. The number of hydrogen-bond donors (Lipinski definition) is 1. The topological polar surface area (TPSA) is 26.0 Å². The third-order valence-corrected chi connectivity index (χ3v) is 2.61. The van der Waals surface area contributed by atoms with Crippen molar-refractivity contribution in [3.05, 3.63) is 35.4 Å². The van der Waals surface area contributed by atoms with Crippen molar-refractivity contribution in [2.45, 2.75) is 32.5 Å². The lowest BCUT2D eigenvalue weighted by atomic mass is 9.97. The molecule has 1 atom stereocenters. The van der Waals surface area contributed by atoms with E-state index in [0.717, 1.165) is 17.7 Å². The standard InChI is InChI=1S/C12H16F3N/c1-8(2)11(16)7-9-3-5-10(6-4-9)12(13,14)15/h3-6,8,11H,7,16H2,1-2H3. The summed E-state index contributed by atoms with van der Waals surface area (Å²) in [6.45, 7) is 3.99. The molecule has 0 aromatic heterocycles. The van der Waals surface area contributed by atoms with Crippen molar-refractivity contribution in [3.8, 4) is 0 Å². The van der Waals surface area contributed by atoms with Gasteiger partial charge in [0.15, 0.2) is 0 Å². The van der Waals surface area contributed by atoms with Gasteiger partial charge < -0.3 is 5.73 Å². The van der Waals surface area contributed by atoms with E-state index in [1.807, 2.05) is 13.8 Å². The van der Waals surface area contributed by atoms with E-state index >= 15 is 0 Å². The van der Waals surface area contributed by atoms with Gasteiger partial charge in [-0.2, -0.15) is 13.2 Å². The first-order valence-corrected chi connectivity index (χ1v) is 5.22. The third kappa shape index (κ3) is 3.52. The first-order valence-electron chi connectivity index (χ1n) is 5.22. The van der Waals surface area contributed by atoms with Crippen LogP contribution in [0.4, 0.5) is 13.2 Å². The zero-order valence-corrected chi connectivity index (χ0v) is 9.38. The van der Waals surface area contributed by atoms with E-state index in [-0.39, 0.29) is 6.04 Å². The van der Waals surface area contributed by atoms with E-state index < -0.39 is 11.7 Å². The summed E-state index contributed by atoms with van der Waals surface area (Å²) < 4.78 is 36.9. The number of hydrogen-bond acceptors (Lipinski definition) is 1. The molecule has 1 nitrogen and oxygen atoms in total. The van der Waals surface area contributed by atoms with Crippen LogP contribution in [0.5, 0.6) is 0 Å². The molecule has 1 aromatic carbocycles. The van der Waals surface area contributed by atoms with Crippen molar-refractivity contribution < 1.29 is 13.2 Å². The van der Waals surface area contributed by atoms with E-state index in [2.05, 4.69) is 0 Å². The summed E-state index contributed by atoms with van der Waals surface area (Å²) in [5, 5.41) is 0. The minimum Gasteiger partial charge on any atom is -0.327 e. The van der Waals surface area contributed by atoms with Crippen LogP contribution in [0.15, 0.2) is 24.3 Å². The lowest BCUT2D eigenvalue weighted by Gasteiger charge is -2.15. The van der Waals surface area contributed by atoms with Gasteiger partial charge in [-0.25, -0.2) is 0 Å². The molecule has 0 bridgehead atoms. The van der Waals surface area contributed by atoms with E-state index in [9.17, 15) is 13.2 Å². The molecule has 1 aromatic rings. The molecule has 90 valence electrons. The highest BCUT2D eigenvalue weighted by Crippen LogP contribution is 2.29. The van der Waals surface area contributed by atoms with Crippen molar-refractivity contribution in [1.29, 1.82) is 0 Å². The van der Waals surface area contributed by atoms with E-state index in [1.54, 1.807) is 0 Å². The fourth-order valence-corrected chi connectivity index (χ4v) is 1.34. The summed E-state index contributed by atoms with van der Waals surface area (Å²) in [4.78, 5) is 0. The van der Waals surface area contributed by atoms with Crippen LogP contribution in [0.2, 0.25) is 0 Å². The number of halogens is 3. The second-order valence-electron chi connectivity index (χ2n) is 4.31. The molecule has 0 radical (unpaired) electrons. The van der Waals surface area contributed by atoms with Gasteiger partial charge >= 0.3 is 6.18 Å². The lowest BCUT2D eigenvalue weighted by molar-refractivity contribution is -0.137. The summed E-state index contributed by atoms with van der Waals surface area (Å²) in [6, 6.07) is 5.16. The molecule has 2 N–H and O–H groups in total. The molecule has 4 heteroatoms. The highest BCUT2D eigenvalue weighted by Gasteiger charge is 2.29. The molecule has 0 spiro atoms. The van der Waals surface area contributed by atoms with Crippen molar-refractivity contribution in [1.82, 2.24) is 0 Å². The van der Waals surface area contributed by atoms with Crippen LogP contribution >= 0.6 is 0 Å². The van der Waals surface area contributed by atoms with Crippen molar-refractivity contribution in [2.75, 3.05) is 0 Å². The normalized spacial score (nSPS) is 14.2. The van der Waals surface area contributed by atoms with Crippen LogP contribution < -0.4 is 5.73 Å². The summed E-state index contributed by atoms with van der Waals surface area (Å²) in [6.07, 6.45) is -3.66. The quantitative estimate of drug-likeness (QED) is 0.849. The fourth-order valence-electron chi connectivity index (χ4n) is 1.34. The minimum atomic E-state index is -4.27. The second-order valence-corrected chi connectivity index (χ2v) is 4.31. The zero-order chi connectivity index (χ0) is 12.3. The van der Waals surface area contributed by atoms with Crippen LogP contribution in [0.1, 0.15) is 25.0 Å². The summed E-state index contributed by atoms with van der Waals surface area (Å²) in [7, 11) is 0. The summed E-state index contributed by atoms with van der Waals surface area (Å²) >= 11 is 0. The number of alkyl halides is 3. The van der Waals surface area contributed by atoms with E-state index in [1.165, 1.54) is 12.1 Å². The van der Waals surface area contributed by atoms with Crippen molar-refractivity contribution in [3.63, 3.8) is 0 Å². The zero-order valence-electron chi connectivity index (χ0n) is 9.38. The molecule has 16 heavy (non-hydrogen) atoms. The Morgan fingerprint density at radius 3 is 2.00 bits per heavy atom. The van der Waals surface area contributed by atoms with Gasteiger partial charge in [0.1, 0.15) is 0 Å². The van der Waals surface area contributed by atoms with Crippen molar-refractivity contribution in [2.24, 2.45) is 11.7 Å². The molecule has 0 aliphatic heterocycles. The Hall–Kier alpha value is -1.03. The Balaban J connectivity index is 2.72. The minimum absolute atomic E-state index is 0.0169. The maximum Gasteiger partial charge on any atom is 0.416 e. The fraction of sp³-hybridized carbons (Fsp3) is 0.500. The van der Waals surface area contributed by atoms with Crippen LogP contribution in [-0.4, -0.2) is 6.04 Å². The number of benzene rings is 1. The molecular formula is C12H16F3N. The molecular weight excluding hydrogens is 215 g/mol. The van der Waals surface area contributed by atoms with Gasteiger partial charge in [0.2, 0.25) is 0 Å². The Bertz CT molecular complexity index is 327. The summed E-state index contributed by atoms with van der Waals surface area (Å²) in [5.41, 5.74) is 6.08. The molecule has 1 rings (SSSR count). The van der Waals surface area contributed by atoms with Gasteiger partial charge in [-0.05, 0) is 30.0 Å². The predicted octanol–water partition coefficient (Wildman–Crippen LogP) is 3.23. The molecule has 0 amide bonds. The Labute approximate surface area is 93.5 Å². The van der Waals surface area contributed by atoms with Gasteiger partial charge in [-0.1, -0.05) is 26.0 Å². The summed E-state index contributed by atoms with van der Waals surface area (Å²) in [5.74, 6) is 0.322. The second kappa shape index (κ2) is 4.87. The lowest BCUT2D eigenvalue weighted by Crippen LogP contribution is -2.28. The maximum absolute atomic E-state index is 12.3. The number of rotatable bonds is 3. The van der Waals surface area contributed by atoms with Crippen LogP contribution in [0.25, 0.3) is 0 Å². The Morgan fingerprint density at radius 2 is 1.62 bits per heavy atom. The molecule has 0 saturated heterocycles. The molecule has 0 aliphatic rings. The molecule has 0 saturated carbocycles. The van der Waals surface area contributed by atoms with Gasteiger partial charge in [-0.15, -0.1) is 0 Å². The Kier molecular flexibility index (Phi) is 3.97. The Morgan fingerprint density at radius 1 is 1.12 bits per heavy atom. The predicted molar refractivity (Wildman–Crippen MR) is 58.0 cm³/mol. The van der Waals surface area contributed by atoms with Crippen LogP contribution in [-0.2, 0) is 12.6 Å². The van der Waals surface area contributed by atoms with Gasteiger partial charge in [-0.3, -0.25) is 0 Å². The molecule has 0 fully saturated rings. The molecule has 0 aliphatic carbocycles. The number of nitrogens with two attached hydrogens (primary N) is 1. The van der Waals surface area contributed by atoms with Gasteiger partial charge in [0, 0.05) is 6.04 Å². The monoisotopic (exact) mass is 231 g/mol. The van der Waals surface area contributed by atoms with Crippen LogP contribution in [0.3, 0.4) is 0 Å². The first kappa shape index (κ1) is 13.0. The van der Waals surface area contributed by atoms with Crippen molar-refractivity contribution >= 4 is 0 Å². The van der Waals surface area contributed by atoms with Crippen LogP contribution in [0, 0.1) is 5.92 Å². The smallest absolute Gasteiger partial charge is 0.327 e. The van der Waals surface area contributed by atoms with Gasteiger partial charge in [0.05, 0.1) is 5.56 Å².